The average molecular weight is 510 g/mol. The molecule has 1 aromatic heterocycles. The highest BCUT2D eigenvalue weighted by molar-refractivity contribution is 7.89. The number of aryl methyl sites for hydroxylation is 1. The summed E-state index contributed by atoms with van der Waals surface area (Å²) in [4.78, 5) is 11.7. The molecule has 2 aromatic rings. The highest BCUT2D eigenvalue weighted by atomic mass is 35.5. The summed E-state index contributed by atoms with van der Waals surface area (Å²) in [5, 5.41) is 1.07. The number of aromatic nitrogens is 1. The van der Waals surface area contributed by atoms with E-state index in [4.69, 9.17) is 11.6 Å². The van der Waals surface area contributed by atoms with Crippen LogP contribution < -0.4 is 5.32 Å². The van der Waals surface area contributed by atoms with E-state index in [-0.39, 0.29) is 4.31 Å². The van der Waals surface area contributed by atoms with Crippen LogP contribution in [-0.4, -0.2) is 42.5 Å². The molecule has 32 heavy (non-hydrogen) atoms. The van der Waals surface area contributed by atoms with Crippen molar-refractivity contribution in [3.8, 4) is 0 Å². The van der Waals surface area contributed by atoms with Gasteiger partial charge in [-0.05, 0) is 19.1 Å². The number of amides is 1. The Hall–Kier alpha value is -2.32. The summed E-state index contributed by atoms with van der Waals surface area (Å²) >= 11 is 5.94. The summed E-state index contributed by atoms with van der Waals surface area (Å²) in [6.45, 7) is 0.597. The topological polar surface area (TPSA) is 71.4 Å². The van der Waals surface area contributed by atoms with E-state index in [1.165, 1.54) is 0 Å². The zero-order valence-corrected chi connectivity index (χ0v) is 18.0. The van der Waals surface area contributed by atoms with Crippen LogP contribution in [-0.2, 0) is 17.1 Å². The molecule has 2 rings (SSSR count). The van der Waals surface area contributed by atoms with Gasteiger partial charge in [0, 0.05) is 20.3 Å². The molecule has 1 amide bonds. The second-order valence-corrected chi connectivity index (χ2v) is 8.93. The smallest absolute Gasteiger partial charge is 0.344 e. The molecule has 0 bridgehead atoms. The van der Waals surface area contributed by atoms with E-state index >= 15 is 0 Å². The van der Waals surface area contributed by atoms with Crippen molar-refractivity contribution in [3.63, 3.8) is 0 Å². The number of alkyl halides is 5. The van der Waals surface area contributed by atoms with Gasteiger partial charge in [0.2, 0.25) is 10.0 Å². The maximum Gasteiger partial charge on any atom is 0.404 e. The largest absolute Gasteiger partial charge is 0.404 e. The molecule has 1 aromatic carbocycles. The van der Waals surface area contributed by atoms with Crippen LogP contribution in [0.3, 0.4) is 0 Å². The summed E-state index contributed by atoms with van der Waals surface area (Å²) in [6, 6.07) is -1.29. The number of nitrogens with zero attached hydrogens (tertiary/aromatic N) is 2. The van der Waals surface area contributed by atoms with E-state index in [0.717, 1.165) is 17.8 Å². The van der Waals surface area contributed by atoms with Gasteiger partial charge in [-0.3, -0.25) is 4.79 Å². The van der Waals surface area contributed by atoms with Gasteiger partial charge in [-0.2, -0.15) is 17.5 Å². The molecule has 178 valence electrons. The monoisotopic (exact) mass is 509 g/mol. The van der Waals surface area contributed by atoms with Crippen LogP contribution in [0, 0.1) is 11.6 Å². The number of rotatable bonds is 6. The lowest BCUT2D eigenvalue weighted by Gasteiger charge is -2.25. The molecule has 0 aliphatic carbocycles. The van der Waals surface area contributed by atoms with Crippen LogP contribution in [0.2, 0.25) is 5.02 Å². The minimum absolute atomic E-state index is 0.00442. The molecule has 0 saturated carbocycles. The second kappa shape index (κ2) is 8.90. The fraction of sp³-hybridized carbons (Fsp3) is 0.353. The molecule has 0 radical (unpaired) electrons. The van der Waals surface area contributed by atoms with Crippen LogP contribution in [0.25, 0.3) is 0 Å². The van der Waals surface area contributed by atoms with Gasteiger partial charge in [0.05, 0.1) is 16.3 Å². The maximum absolute atomic E-state index is 14.2. The third-order valence-corrected chi connectivity index (χ3v) is 7.01. The van der Waals surface area contributed by atoms with Crippen LogP contribution in [0.5, 0.6) is 0 Å². The van der Waals surface area contributed by atoms with Crippen LogP contribution in [0.1, 0.15) is 29.4 Å². The molecular formula is C17H15ClF7N3O3S. The number of sulfonamides is 1. The lowest BCUT2D eigenvalue weighted by atomic mass is 10.1. The van der Waals surface area contributed by atoms with E-state index in [0.29, 0.717) is 26.1 Å². The van der Waals surface area contributed by atoms with Gasteiger partial charge in [0.25, 0.3) is 12.3 Å². The third-order valence-electron chi connectivity index (χ3n) is 4.57. The zero-order valence-electron chi connectivity index (χ0n) is 16.4. The maximum atomic E-state index is 14.2. The van der Waals surface area contributed by atoms with Crippen molar-refractivity contribution in [2.45, 2.75) is 30.5 Å². The minimum Gasteiger partial charge on any atom is -0.344 e. The molecule has 0 saturated heterocycles. The van der Waals surface area contributed by atoms with Crippen LogP contribution in [0.4, 0.5) is 36.4 Å². The average Bonchev–Trinajstić information content (AvgIpc) is 2.96. The summed E-state index contributed by atoms with van der Waals surface area (Å²) in [7, 11) is -3.05. The second-order valence-electron chi connectivity index (χ2n) is 6.58. The number of hydrogen-bond donors (Lipinski definition) is 1. The first-order valence-electron chi connectivity index (χ1n) is 8.48. The lowest BCUT2D eigenvalue weighted by molar-refractivity contribution is -0.164. The Labute approximate surface area is 182 Å². The lowest BCUT2D eigenvalue weighted by Crippen LogP contribution is -2.44. The van der Waals surface area contributed by atoms with Crippen LogP contribution in [0.15, 0.2) is 23.2 Å². The molecule has 15 heteroatoms. The van der Waals surface area contributed by atoms with Gasteiger partial charge in [0.15, 0.2) is 5.82 Å². The van der Waals surface area contributed by atoms with Crippen molar-refractivity contribution >= 4 is 33.2 Å². The highest BCUT2D eigenvalue weighted by Crippen LogP contribution is 2.34. The van der Waals surface area contributed by atoms with E-state index in [1.807, 2.05) is 5.32 Å². The van der Waals surface area contributed by atoms with Crippen molar-refractivity contribution < 1.29 is 43.9 Å². The molecule has 1 N–H and O–H groups in total. The molecule has 0 aliphatic rings. The summed E-state index contributed by atoms with van der Waals surface area (Å²) in [5.74, 6) is -4.59. The number of carbonyl (C=O) groups is 1. The Morgan fingerprint density at radius 1 is 1.22 bits per heavy atom. The number of carbonyl (C=O) groups excluding carboxylic acids is 1. The summed E-state index contributed by atoms with van der Waals surface area (Å²) < 4.78 is 118. The summed E-state index contributed by atoms with van der Waals surface area (Å²) in [6.07, 6.45) is -7.67. The van der Waals surface area contributed by atoms with Gasteiger partial charge in [-0.1, -0.05) is 11.6 Å². The Morgan fingerprint density at radius 2 is 1.78 bits per heavy atom. The van der Waals surface area contributed by atoms with Gasteiger partial charge in [0.1, 0.15) is 22.4 Å². The van der Waals surface area contributed by atoms with Gasteiger partial charge < -0.3 is 9.88 Å². The Kier molecular flexibility index (Phi) is 7.22. The predicted molar refractivity (Wildman–Crippen MR) is 100 cm³/mol. The molecule has 1 atom stereocenters. The summed E-state index contributed by atoms with van der Waals surface area (Å²) in [5.41, 5.74) is -3.07. The minimum atomic E-state index is -4.90. The van der Waals surface area contributed by atoms with E-state index in [1.54, 1.807) is 0 Å². The van der Waals surface area contributed by atoms with E-state index < -0.39 is 73.1 Å². The molecule has 0 spiro atoms. The Balaban J connectivity index is 2.47. The standard InChI is InChI=1S/C17H15ClF7N3O3S/c1-7(17(23,24)25)28(3)32(30,31)10-6-27(2)14(12(10)18)16(29)26-9-5-4-8(19)11(13(9)20)15(21)22/h4-7,15H,1-3H3,(H,26,29)/t7-/m1/s1. The molecule has 0 fully saturated rings. The first-order chi connectivity index (χ1) is 14.5. The van der Waals surface area contributed by atoms with Crippen molar-refractivity contribution in [1.82, 2.24) is 8.87 Å². The number of anilines is 1. The Bertz CT molecular complexity index is 1150. The third kappa shape index (κ3) is 4.71. The molecule has 6 nitrogen and oxygen atoms in total. The zero-order chi connectivity index (χ0) is 24.8. The molecule has 1 heterocycles. The quantitative estimate of drug-likeness (QED) is 0.573. The van der Waals surface area contributed by atoms with Gasteiger partial charge in [-0.25, -0.2) is 26.0 Å². The molecule has 0 unspecified atom stereocenters. The molecular weight excluding hydrogens is 495 g/mol. The molecule has 0 aliphatic heterocycles. The normalized spacial score (nSPS) is 13.7. The van der Waals surface area contributed by atoms with Crippen molar-refractivity contribution in [2.24, 2.45) is 7.05 Å². The van der Waals surface area contributed by atoms with Crippen molar-refractivity contribution in [3.05, 3.63) is 46.2 Å². The Morgan fingerprint density at radius 3 is 2.28 bits per heavy atom. The number of halogens is 8. The van der Waals surface area contributed by atoms with Gasteiger partial charge >= 0.3 is 6.18 Å². The fourth-order valence-electron chi connectivity index (χ4n) is 2.63. The van der Waals surface area contributed by atoms with E-state index in [2.05, 4.69) is 0 Å². The predicted octanol–water partition coefficient (Wildman–Crippen LogP) is 4.72. The number of hydrogen-bond acceptors (Lipinski definition) is 3. The first-order valence-corrected chi connectivity index (χ1v) is 10.3. The van der Waals surface area contributed by atoms with Gasteiger partial charge in [-0.15, -0.1) is 0 Å². The van der Waals surface area contributed by atoms with Crippen LogP contribution >= 0.6 is 11.6 Å². The fourth-order valence-corrected chi connectivity index (χ4v) is 4.65. The van der Waals surface area contributed by atoms with Crippen molar-refractivity contribution in [1.29, 1.82) is 0 Å². The van der Waals surface area contributed by atoms with Crippen molar-refractivity contribution in [2.75, 3.05) is 12.4 Å². The number of benzene rings is 1. The first kappa shape index (κ1) is 25.9. The van der Waals surface area contributed by atoms with E-state index in [9.17, 15) is 43.9 Å². The highest BCUT2D eigenvalue weighted by Gasteiger charge is 2.44. The SMILES string of the molecule is C[C@@H](N(C)S(=O)(=O)c1cn(C)c(C(=O)Nc2ccc(F)c(C(F)F)c2F)c1Cl)C(F)(F)F. The number of nitrogens with one attached hydrogen (secondary N) is 1.